The molecule has 0 aliphatic rings. The lowest BCUT2D eigenvalue weighted by atomic mass is 9.99. The van der Waals surface area contributed by atoms with E-state index in [4.69, 9.17) is 0 Å². The van der Waals surface area contributed by atoms with E-state index in [1.54, 1.807) is 0 Å². The highest BCUT2D eigenvalue weighted by Crippen LogP contribution is 2.22. The van der Waals surface area contributed by atoms with E-state index in [0.29, 0.717) is 0 Å². The van der Waals surface area contributed by atoms with Gasteiger partial charge in [-0.15, -0.1) is 0 Å². The van der Waals surface area contributed by atoms with Crippen LogP contribution in [0.15, 0.2) is 12.2 Å². The fourth-order valence-electron chi connectivity index (χ4n) is 0.902. The van der Waals surface area contributed by atoms with E-state index >= 15 is 0 Å². The molecule has 0 saturated heterocycles. The Morgan fingerprint density at radius 1 is 1.36 bits per heavy atom. The van der Waals surface area contributed by atoms with Crippen LogP contribution in [0.3, 0.4) is 0 Å². The molecule has 14 heavy (non-hydrogen) atoms. The van der Waals surface area contributed by atoms with Crippen molar-refractivity contribution in [2.75, 3.05) is 14.2 Å². The molecule has 1 unspecified atom stereocenters. The van der Waals surface area contributed by atoms with E-state index in [1.165, 1.54) is 0 Å². The number of hydrogen-bond acceptors (Lipinski definition) is 4. The van der Waals surface area contributed by atoms with Gasteiger partial charge in [0.2, 0.25) is 5.67 Å². The standard InChI is InChI=1S/C9H13FO4/c1-6(7(11)13-3)5-9(2,10)8(12)14-4/h1,5H2,2-4H3. The highest BCUT2D eigenvalue weighted by Gasteiger charge is 2.36. The molecule has 0 rings (SSSR count). The van der Waals surface area contributed by atoms with Gasteiger partial charge in [-0.2, -0.15) is 0 Å². The number of halogens is 1. The van der Waals surface area contributed by atoms with Crippen molar-refractivity contribution in [1.82, 2.24) is 0 Å². The molecule has 0 aliphatic heterocycles. The van der Waals surface area contributed by atoms with E-state index in [2.05, 4.69) is 16.1 Å². The summed E-state index contributed by atoms with van der Waals surface area (Å²) in [6, 6.07) is 0. The van der Waals surface area contributed by atoms with Crippen molar-refractivity contribution in [3.63, 3.8) is 0 Å². The molecule has 0 heterocycles. The van der Waals surface area contributed by atoms with Crippen molar-refractivity contribution >= 4 is 11.9 Å². The van der Waals surface area contributed by atoms with E-state index in [0.717, 1.165) is 21.1 Å². The van der Waals surface area contributed by atoms with Crippen LogP contribution >= 0.6 is 0 Å². The average Bonchev–Trinajstić information content (AvgIpc) is 2.14. The van der Waals surface area contributed by atoms with Gasteiger partial charge in [-0.05, 0) is 6.92 Å². The highest BCUT2D eigenvalue weighted by atomic mass is 19.1. The van der Waals surface area contributed by atoms with Gasteiger partial charge < -0.3 is 9.47 Å². The van der Waals surface area contributed by atoms with Gasteiger partial charge in [0.1, 0.15) is 0 Å². The van der Waals surface area contributed by atoms with Crippen molar-refractivity contribution in [3.05, 3.63) is 12.2 Å². The summed E-state index contributed by atoms with van der Waals surface area (Å²) in [5.74, 6) is -1.78. The molecule has 80 valence electrons. The summed E-state index contributed by atoms with van der Waals surface area (Å²) < 4.78 is 22.0. The molecule has 1 atom stereocenters. The summed E-state index contributed by atoms with van der Waals surface area (Å²) in [5, 5.41) is 0. The topological polar surface area (TPSA) is 52.6 Å². The Kier molecular flexibility index (Phi) is 4.27. The minimum Gasteiger partial charge on any atom is -0.467 e. The first-order chi connectivity index (χ1) is 6.35. The zero-order valence-electron chi connectivity index (χ0n) is 8.43. The van der Waals surface area contributed by atoms with Crippen LogP contribution in [0, 0.1) is 0 Å². The summed E-state index contributed by atoms with van der Waals surface area (Å²) in [4.78, 5) is 21.7. The molecule has 0 aliphatic carbocycles. The zero-order valence-corrected chi connectivity index (χ0v) is 8.43. The number of hydrogen-bond donors (Lipinski definition) is 0. The summed E-state index contributed by atoms with van der Waals surface area (Å²) in [5.41, 5.74) is -2.36. The molecule has 0 saturated carbocycles. The Balaban J connectivity index is 4.44. The number of carbonyl (C=O) groups excluding carboxylic acids is 2. The maximum Gasteiger partial charge on any atom is 0.343 e. The molecule has 0 aromatic heterocycles. The summed E-state index contributed by atoms with van der Waals surface area (Å²) in [7, 11) is 2.22. The molecule has 0 fully saturated rings. The van der Waals surface area contributed by atoms with Crippen LogP contribution in [-0.4, -0.2) is 31.8 Å². The molecular weight excluding hydrogens is 191 g/mol. The Hall–Kier alpha value is -1.39. The number of ether oxygens (including phenoxy) is 2. The summed E-state index contributed by atoms with van der Waals surface area (Å²) in [6.07, 6.45) is -0.438. The first-order valence-electron chi connectivity index (χ1n) is 3.88. The van der Waals surface area contributed by atoms with Crippen LogP contribution in [-0.2, 0) is 19.1 Å². The maximum absolute atomic E-state index is 13.5. The summed E-state index contributed by atoms with van der Waals surface area (Å²) >= 11 is 0. The molecule has 0 aromatic rings. The maximum atomic E-state index is 13.5. The molecular formula is C9H13FO4. The van der Waals surface area contributed by atoms with Gasteiger partial charge in [0.05, 0.1) is 14.2 Å². The minimum atomic E-state index is -2.25. The zero-order chi connectivity index (χ0) is 11.4. The predicted molar refractivity (Wildman–Crippen MR) is 47.3 cm³/mol. The quantitative estimate of drug-likeness (QED) is 0.506. The van der Waals surface area contributed by atoms with Crippen LogP contribution in [0.1, 0.15) is 13.3 Å². The fourth-order valence-corrected chi connectivity index (χ4v) is 0.902. The Morgan fingerprint density at radius 3 is 2.21 bits per heavy atom. The lowest BCUT2D eigenvalue weighted by Gasteiger charge is -2.17. The fraction of sp³-hybridized carbons (Fsp3) is 0.556. The smallest absolute Gasteiger partial charge is 0.343 e. The average molecular weight is 204 g/mol. The van der Waals surface area contributed by atoms with Crippen LogP contribution < -0.4 is 0 Å². The molecule has 0 amide bonds. The summed E-state index contributed by atoms with van der Waals surface area (Å²) in [6.45, 7) is 4.33. The number of alkyl halides is 1. The van der Waals surface area contributed by atoms with Crippen molar-refractivity contribution in [3.8, 4) is 0 Å². The molecule has 0 N–H and O–H groups in total. The largest absolute Gasteiger partial charge is 0.467 e. The van der Waals surface area contributed by atoms with Gasteiger partial charge in [-0.3, -0.25) is 0 Å². The van der Waals surface area contributed by atoms with Crippen LogP contribution in [0.2, 0.25) is 0 Å². The molecule has 0 bridgehead atoms. The third-order valence-electron chi connectivity index (χ3n) is 1.63. The van der Waals surface area contributed by atoms with E-state index in [1.807, 2.05) is 0 Å². The normalized spacial score (nSPS) is 14.0. The first-order valence-corrected chi connectivity index (χ1v) is 3.88. The van der Waals surface area contributed by atoms with Gasteiger partial charge in [0, 0.05) is 12.0 Å². The van der Waals surface area contributed by atoms with Crippen molar-refractivity contribution in [2.45, 2.75) is 19.0 Å². The van der Waals surface area contributed by atoms with Crippen molar-refractivity contribution < 1.29 is 23.5 Å². The predicted octanol–water partition coefficient (Wildman–Crippen LogP) is 1.01. The minimum absolute atomic E-state index is 0.108. The van der Waals surface area contributed by atoms with Gasteiger partial charge in [-0.1, -0.05) is 6.58 Å². The van der Waals surface area contributed by atoms with E-state index in [9.17, 15) is 14.0 Å². The third kappa shape index (κ3) is 3.16. The Labute approximate surface area is 81.7 Å². The Morgan fingerprint density at radius 2 is 1.86 bits per heavy atom. The monoisotopic (exact) mass is 204 g/mol. The second kappa shape index (κ2) is 4.74. The lowest BCUT2D eigenvalue weighted by Crippen LogP contribution is -2.32. The van der Waals surface area contributed by atoms with Crippen molar-refractivity contribution in [1.29, 1.82) is 0 Å². The van der Waals surface area contributed by atoms with Gasteiger partial charge in [-0.25, -0.2) is 14.0 Å². The number of rotatable bonds is 4. The second-order valence-corrected chi connectivity index (χ2v) is 2.96. The number of methoxy groups -OCH3 is 2. The number of esters is 2. The van der Waals surface area contributed by atoms with E-state index < -0.39 is 24.0 Å². The third-order valence-corrected chi connectivity index (χ3v) is 1.63. The van der Waals surface area contributed by atoms with Gasteiger partial charge >= 0.3 is 11.9 Å². The number of carbonyl (C=O) groups is 2. The van der Waals surface area contributed by atoms with Crippen LogP contribution in [0.5, 0.6) is 0 Å². The molecule has 0 aromatic carbocycles. The van der Waals surface area contributed by atoms with E-state index in [-0.39, 0.29) is 5.57 Å². The lowest BCUT2D eigenvalue weighted by molar-refractivity contribution is -0.153. The highest BCUT2D eigenvalue weighted by molar-refractivity contribution is 5.90. The van der Waals surface area contributed by atoms with Crippen molar-refractivity contribution in [2.24, 2.45) is 0 Å². The Bertz CT molecular complexity index is 258. The first kappa shape index (κ1) is 12.6. The molecule has 0 spiro atoms. The molecule has 4 nitrogen and oxygen atoms in total. The second-order valence-electron chi connectivity index (χ2n) is 2.96. The molecule has 0 radical (unpaired) electrons. The van der Waals surface area contributed by atoms with Crippen LogP contribution in [0.25, 0.3) is 0 Å². The SMILES string of the molecule is C=C(CC(C)(F)C(=O)OC)C(=O)OC. The van der Waals surface area contributed by atoms with Gasteiger partial charge in [0.25, 0.3) is 0 Å². The molecule has 5 heteroatoms. The van der Waals surface area contributed by atoms with Gasteiger partial charge in [0.15, 0.2) is 0 Å². The van der Waals surface area contributed by atoms with Crippen LogP contribution in [0.4, 0.5) is 4.39 Å².